The fourth-order valence-electron chi connectivity index (χ4n) is 2.16. The van der Waals surface area contributed by atoms with Crippen LogP contribution in [-0.2, 0) is 6.42 Å². The van der Waals surface area contributed by atoms with Crippen molar-refractivity contribution in [3.8, 4) is 11.5 Å². The van der Waals surface area contributed by atoms with Gasteiger partial charge in [-0.05, 0) is 24.1 Å². The molecular formula is C17H21NO2. The van der Waals surface area contributed by atoms with Crippen LogP contribution in [0.3, 0.4) is 0 Å². The van der Waals surface area contributed by atoms with Crippen LogP contribution in [0.4, 0.5) is 5.69 Å². The lowest BCUT2D eigenvalue weighted by Crippen LogP contribution is -2.21. The Kier molecular flexibility index (Phi) is 4.88. The van der Waals surface area contributed by atoms with E-state index in [1.807, 2.05) is 24.3 Å². The maximum absolute atomic E-state index is 5.42. The average molecular weight is 271 g/mol. The molecule has 2 aromatic rings. The topological polar surface area (TPSA) is 21.7 Å². The van der Waals surface area contributed by atoms with E-state index >= 15 is 0 Å². The lowest BCUT2D eigenvalue weighted by molar-refractivity contribution is 0.403. The molecule has 0 spiro atoms. The van der Waals surface area contributed by atoms with Crippen LogP contribution in [0.1, 0.15) is 5.56 Å². The van der Waals surface area contributed by atoms with Crippen LogP contribution in [0.25, 0.3) is 0 Å². The number of hydrogen-bond donors (Lipinski definition) is 0. The summed E-state index contributed by atoms with van der Waals surface area (Å²) >= 11 is 0. The minimum absolute atomic E-state index is 0.840. The van der Waals surface area contributed by atoms with Gasteiger partial charge in [-0.1, -0.05) is 30.3 Å². The highest BCUT2D eigenvalue weighted by molar-refractivity contribution is 5.61. The standard InChI is InChI=1S/C17H21NO2/c1-18(12-11-14-7-5-4-6-8-14)16-13-15(19-2)9-10-17(16)20-3/h4-10,13H,11-12H2,1-3H3. The highest BCUT2D eigenvalue weighted by Gasteiger charge is 2.09. The van der Waals surface area contributed by atoms with Crippen LogP contribution >= 0.6 is 0 Å². The largest absolute Gasteiger partial charge is 0.497 e. The van der Waals surface area contributed by atoms with E-state index in [9.17, 15) is 0 Å². The van der Waals surface area contributed by atoms with Gasteiger partial charge in [-0.3, -0.25) is 0 Å². The zero-order chi connectivity index (χ0) is 14.4. The summed E-state index contributed by atoms with van der Waals surface area (Å²) < 4.78 is 10.7. The molecule has 0 fully saturated rings. The van der Waals surface area contributed by atoms with Gasteiger partial charge in [0.1, 0.15) is 11.5 Å². The third kappa shape index (κ3) is 3.44. The predicted molar refractivity (Wildman–Crippen MR) is 83.0 cm³/mol. The molecule has 0 saturated carbocycles. The maximum atomic E-state index is 5.42. The van der Waals surface area contributed by atoms with E-state index in [0.717, 1.165) is 30.2 Å². The Balaban J connectivity index is 2.09. The first-order chi connectivity index (χ1) is 9.74. The SMILES string of the molecule is COc1ccc(OC)c(N(C)CCc2ccccc2)c1. The quantitative estimate of drug-likeness (QED) is 0.804. The second-order valence-electron chi connectivity index (χ2n) is 4.69. The fraction of sp³-hybridized carbons (Fsp3) is 0.294. The van der Waals surface area contributed by atoms with Gasteiger partial charge in [0.25, 0.3) is 0 Å². The zero-order valence-corrected chi connectivity index (χ0v) is 12.3. The molecule has 0 aromatic heterocycles. The van der Waals surface area contributed by atoms with Crippen molar-refractivity contribution < 1.29 is 9.47 Å². The third-order valence-electron chi connectivity index (χ3n) is 3.38. The number of rotatable bonds is 6. The van der Waals surface area contributed by atoms with Crippen molar-refractivity contribution in [3.05, 3.63) is 54.1 Å². The van der Waals surface area contributed by atoms with Crippen molar-refractivity contribution in [1.29, 1.82) is 0 Å². The zero-order valence-electron chi connectivity index (χ0n) is 12.3. The predicted octanol–water partition coefficient (Wildman–Crippen LogP) is 3.38. The lowest BCUT2D eigenvalue weighted by Gasteiger charge is -2.22. The molecule has 106 valence electrons. The Hall–Kier alpha value is -2.16. The highest BCUT2D eigenvalue weighted by atomic mass is 16.5. The number of nitrogens with zero attached hydrogens (tertiary/aromatic N) is 1. The Morgan fingerprint density at radius 1 is 0.950 bits per heavy atom. The molecule has 0 saturated heterocycles. The van der Waals surface area contributed by atoms with Gasteiger partial charge < -0.3 is 14.4 Å². The van der Waals surface area contributed by atoms with Crippen molar-refractivity contribution in [2.75, 3.05) is 32.7 Å². The number of likely N-dealkylation sites (N-methyl/N-ethyl adjacent to an activating group) is 1. The van der Waals surface area contributed by atoms with Gasteiger partial charge in [0.2, 0.25) is 0 Å². The normalized spacial score (nSPS) is 10.2. The first-order valence-corrected chi connectivity index (χ1v) is 6.71. The minimum atomic E-state index is 0.840. The van der Waals surface area contributed by atoms with Gasteiger partial charge in [0.15, 0.2) is 0 Å². The molecule has 0 N–H and O–H groups in total. The number of methoxy groups -OCH3 is 2. The van der Waals surface area contributed by atoms with Crippen molar-refractivity contribution in [2.24, 2.45) is 0 Å². The molecule has 20 heavy (non-hydrogen) atoms. The van der Waals surface area contributed by atoms with Crippen LogP contribution in [0.2, 0.25) is 0 Å². The minimum Gasteiger partial charge on any atom is -0.497 e. The molecule has 0 amide bonds. The van der Waals surface area contributed by atoms with Gasteiger partial charge in [0.05, 0.1) is 19.9 Å². The van der Waals surface area contributed by atoms with Crippen LogP contribution in [-0.4, -0.2) is 27.8 Å². The average Bonchev–Trinajstić information content (AvgIpc) is 2.52. The first kappa shape index (κ1) is 14.3. The van der Waals surface area contributed by atoms with Crippen LogP contribution < -0.4 is 14.4 Å². The monoisotopic (exact) mass is 271 g/mol. The van der Waals surface area contributed by atoms with Gasteiger partial charge in [-0.2, -0.15) is 0 Å². The molecule has 0 atom stereocenters. The molecule has 0 unspecified atom stereocenters. The van der Waals surface area contributed by atoms with E-state index in [-0.39, 0.29) is 0 Å². The van der Waals surface area contributed by atoms with Crippen LogP contribution in [0.5, 0.6) is 11.5 Å². The van der Waals surface area contributed by atoms with Crippen molar-refractivity contribution in [2.45, 2.75) is 6.42 Å². The molecule has 0 aliphatic rings. The Labute approximate surface area is 120 Å². The highest BCUT2D eigenvalue weighted by Crippen LogP contribution is 2.31. The van der Waals surface area contributed by atoms with E-state index in [1.165, 1.54) is 5.56 Å². The molecule has 0 bridgehead atoms. The Morgan fingerprint density at radius 3 is 2.35 bits per heavy atom. The second-order valence-corrected chi connectivity index (χ2v) is 4.69. The Morgan fingerprint density at radius 2 is 1.70 bits per heavy atom. The summed E-state index contributed by atoms with van der Waals surface area (Å²) in [5.41, 5.74) is 2.38. The molecule has 0 radical (unpaired) electrons. The molecule has 0 aliphatic carbocycles. The van der Waals surface area contributed by atoms with E-state index < -0.39 is 0 Å². The van der Waals surface area contributed by atoms with E-state index in [1.54, 1.807) is 14.2 Å². The van der Waals surface area contributed by atoms with Gasteiger partial charge in [-0.15, -0.1) is 0 Å². The van der Waals surface area contributed by atoms with E-state index in [2.05, 4.69) is 36.2 Å². The van der Waals surface area contributed by atoms with Crippen molar-refractivity contribution >= 4 is 5.69 Å². The summed E-state index contributed by atoms with van der Waals surface area (Å²) in [5, 5.41) is 0. The van der Waals surface area contributed by atoms with Gasteiger partial charge in [0, 0.05) is 19.7 Å². The molecule has 0 heterocycles. The fourth-order valence-corrected chi connectivity index (χ4v) is 2.16. The van der Waals surface area contributed by atoms with Gasteiger partial charge >= 0.3 is 0 Å². The third-order valence-corrected chi connectivity index (χ3v) is 3.38. The summed E-state index contributed by atoms with van der Waals surface area (Å²) in [6.07, 6.45) is 0.998. The number of ether oxygens (including phenoxy) is 2. The summed E-state index contributed by atoms with van der Waals surface area (Å²) in [6.45, 7) is 0.924. The lowest BCUT2D eigenvalue weighted by atomic mass is 10.1. The Bertz CT molecular complexity index is 540. The van der Waals surface area contributed by atoms with E-state index in [4.69, 9.17) is 9.47 Å². The second kappa shape index (κ2) is 6.85. The molecule has 2 rings (SSSR count). The van der Waals surface area contributed by atoms with Crippen LogP contribution in [0, 0.1) is 0 Å². The van der Waals surface area contributed by atoms with Crippen molar-refractivity contribution in [1.82, 2.24) is 0 Å². The summed E-state index contributed by atoms with van der Waals surface area (Å²) in [5.74, 6) is 1.70. The smallest absolute Gasteiger partial charge is 0.142 e. The number of anilines is 1. The van der Waals surface area contributed by atoms with Crippen LogP contribution in [0.15, 0.2) is 48.5 Å². The first-order valence-electron chi connectivity index (χ1n) is 6.71. The summed E-state index contributed by atoms with van der Waals surface area (Å²) in [6, 6.07) is 16.3. The maximum Gasteiger partial charge on any atom is 0.142 e. The number of hydrogen-bond acceptors (Lipinski definition) is 3. The number of benzene rings is 2. The summed E-state index contributed by atoms with van der Waals surface area (Å²) in [4.78, 5) is 2.19. The molecule has 2 aromatic carbocycles. The molecule has 3 heteroatoms. The van der Waals surface area contributed by atoms with E-state index in [0.29, 0.717) is 0 Å². The van der Waals surface area contributed by atoms with Crippen molar-refractivity contribution in [3.63, 3.8) is 0 Å². The molecule has 0 aliphatic heterocycles. The molecule has 3 nitrogen and oxygen atoms in total. The van der Waals surface area contributed by atoms with Gasteiger partial charge in [-0.25, -0.2) is 0 Å². The molecular weight excluding hydrogens is 250 g/mol. The summed E-state index contributed by atoms with van der Waals surface area (Å²) in [7, 11) is 5.44.